The molecular weight excluding hydrogens is 252 g/mol. The zero-order valence-corrected chi connectivity index (χ0v) is 10.5. The summed E-state index contributed by atoms with van der Waals surface area (Å²) < 4.78 is 0. The fraction of sp³-hybridized carbons (Fsp3) is 0.167. The van der Waals surface area contributed by atoms with Crippen LogP contribution < -0.4 is 10.6 Å². The Labute approximate surface area is 110 Å². The van der Waals surface area contributed by atoms with Gasteiger partial charge in [0.2, 0.25) is 0 Å². The number of aromatic amines is 1. The Bertz CT molecular complexity index is 509. The van der Waals surface area contributed by atoms with Crippen molar-refractivity contribution in [3.8, 4) is 0 Å². The van der Waals surface area contributed by atoms with Gasteiger partial charge < -0.3 is 15.6 Å². The molecule has 0 bridgehead atoms. The number of hydrogen-bond donors (Lipinski definition) is 3. The fourth-order valence-corrected chi connectivity index (χ4v) is 1.61. The number of carbonyl (C=O) groups excluding carboxylic acids is 1. The van der Waals surface area contributed by atoms with Gasteiger partial charge in [0.05, 0.1) is 6.04 Å². The van der Waals surface area contributed by atoms with Gasteiger partial charge in [-0.05, 0) is 31.2 Å². The van der Waals surface area contributed by atoms with Crippen molar-refractivity contribution in [2.45, 2.75) is 13.0 Å². The molecule has 0 fully saturated rings. The topological polar surface area (TPSA) is 69.8 Å². The molecule has 0 aliphatic rings. The predicted molar refractivity (Wildman–Crippen MR) is 70.6 cm³/mol. The molecule has 0 spiro atoms. The third kappa shape index (κ3) is 3.24. The summed E-state index contributed by atoms with van der Waals surface area (Å²) in [5.41, 5.74) is 0.684. The SMILES string of the molecule is CC(NC(=O)Nc1ccc(Cl)cc1)c1ncc[nH]1. The van der Waals surface area contributed by atoms with Gasteiger partial charge in [0, 0.05) is 23.1 Å². The molecule has 2 rings (SSSR count). The quantitative estimate of drug-likeness (QED) is 0.798. The number of amides is 2. The molecule has 1 atom stereocenters. The van der Waals surface area contributed by atoms with E-state index in [9.17, 15) is 4.79 Å². The maximum absolute atomic E-state index is 11.7. The van der Waals surface area contributed by atoms with Crippen molar-refractivity contribution >= 4 is 23.3 Å². The zero-order valence-electron chi connectivity index (χ0n) is 9.77. The van der Waals surface area contributed by atoms with E-state index in [4.69, 9.17) is 11.6 Å². The molecular formula is C12H13ClN4O. The number of anilines is 1. The van der Waals surface area contributed by atoms with Gasteiger partial charge >= 0.3 is 6.03 Å². The van der Waals surface area contributed by atoms with E-state index in [2.05, 4.69) is 20.6 Å². The summed E-state index contributed by atoms with van der Waals surface area (Å²) in [4.78, 5) is 18.7. The van der Waals surface area contributed by atoms with Crippen molar-refractivity contribution in [2.24, 2.45) is 0 Å². The highest BCUT2D eigenvalue weighted by molar-refractivity contribution is 6.30. The lowest BCUT2D eigenvalue weighted by atomic mass is 10.3. The third-order valence-electron chi connectivity index (χ3n) is 2.38. The van der Waals surface area contributed by atoms with E-state index in [-0.39, 0.29) is 12.1 Å². The van der Waals surface area contributed by atoms with Gasteiger partial charge in [-0.25, -0.2) is 9.78 Å². The lowest BCUT2D eigenvalue weighted by Crippen LogP contribution is -2.31. The number of nitrogens with one attached hydrogen (secondary N) is 3. The lowest BCUT2D eigenvalue weighted by Gasteiger charge is -2.12. The standard InChI is InChI=1S/C12H13ClN4O/c1-8(11-14-6-7-15-11)16-12(18)17-10-4-2-9(13)3-5-10/h2-8H,1H3,(H,14,15)(H2,16,17,18). The van der Waals surface area contributed by atoms with Crippen molar-refractivity contribution < 1.29 is 4.79 Å². The number of carbonyl (C=O) groups is 1. The first kappa shape index (κ1) is 12.4. The van der Waals surface area contributed by atoms with Crippen LogP contribution in [0.15, 0.2) is 36.7 Å². The van der Waals surface area contributed by atoms with Crippen LogP contribution in [0.25, 0.3) is 0 Å². The Balaban J connectivity index is 1.91. The molecule has 6 heteroatoms. The highest BCUT2D eigenvalue weighted by atomic mass is 35.5. The van der Waals surface area contributed by atoms with Crippen LogP contribution in [0, 0.1) is 0 Å². The summed E-state index contributed by atoms with van der Waals surface area (Å²) in [6, 6.07) is 6.42. The predicted octanol–water partition coefficient (Wildman–Crippen LogP) is 2.95. The number of H-pyrrole nitrogens is 1. The van der Waals surface area contributed by atoms with Gasteiger partial charge in [0.1, 0.15) is 5.82 Å². The van der Waals surface area contributed by atoms with Crippen LogP contribution >= 0.6 is 11.6 Å². The van der Waals surface area contributed by atoms with Gasteiger partial charge in [-0.1, -0.05) is 11.6 Å². The Morgan fingerprint density at radius 1 is 1.39 bits per heavy atom. The number of nitrogens with zero attached hydrogens (tertiary/aromatic N) is 1. The van der Waals surface area contributed by atoms with Gasteiger partial charge in [0.25, 0.3) is 0 Å². The highest BCUT2D eigenvalue weighted by Crippen LogP contribution is 2.13. The summed E-state index contributed by atoms with van der Waals surface area (Å²) in [6.45, 7) is 1.85. The molecule has 1 aromatic carbocycles. The number of hydrogen-bond acceptors (Lipinski definition) is 2. The third-order valence-corrected chi connectivity index (χ3v) is 2.63. The van der Waals surface area contributed by atoms with Crippen LogP contribution in [0.5, 0.6) is 0 Å². The number of aromatic nitrogens is 2. The molecule has 1 unspecified atom stereocenters. The molecule has 0 aliphatic carbocycles. The molecule has 3 N–H and O–H groups in total. The van der Waals surface area contributed by atoms with Gasteiger partial charge in [0.15, 0.2) is 0 Å². The first-order valence-corrected chi connectivity index (χ1v) is 5.85. The molecule has 18 heavy (non-hydrogen) atoms. The molecule has 94 valence electrons. The van der Waals surface area contributed by atoms with Crippen LogP contribution in [0.3, 0.4) is 0 Å². The molecule has 5 nitrogen and oxygen atoms in total. The smallest absolute Gasteiger partial charge is 0.319 e. The minimum atomic E-state index is -0.291. The van der Waals surface area contributed by atoms with Gasteiger partial charge in [-0.2, -0.15) is 0 Å². The van der Waals surface area contributed by atoms with Crippen molar-refractivity contribution in [3.05, 3.63) is 47.5 Å². The van der Waals surface area contributed by atoms with Crippen LogP contribution in [-0.2, 0) is 0 Å². The van der Waals surface area contributed by atoms with E-state index in [1.165, 1.54) is 0 Å². The Morgan fingerprint density at radius 2 is 2.11 bits per heavy atom. The molecule has 1 aromatic heterocycles. The molecule has 0 radical (unpaired) electrons. The summed E-state index contributed by atoms with van der Waals surface area (Å²) in [5.74, 6) is 0.709. The molecule has 1 heterocycles. The average molecular weight is 265 g/mol. The van der Waals surface area contributed by atoms with E-state index in [1.807, 2.05) is 6.92 Å². The van der Waals surface area contributed by atoms with Crippen molar-refractivity contribution in [2.75, 3.05) is 5.32 Å². The van der Waals surface area contributed by atoms with Crippen LogP contribution in [-0.4, -0.2) is 16.0 Å². The van der Waals surface area contributed by atoms with E-state index < -0.39 is 0 Å². The minimum absolute atomic E-state index is 0.188. The van der Waals surface area contributed by atoms with E-state index in [0.29, 0.717) is 16.5 Å². The summed E-state index contributed by atoms with van der Waals surface area (Å²) in [6.07, 6.45) is 3.36. The van der Waals surface area contributed by atoms with E-state index in [1.54, 1.807) is 36.7 Å². The second kappa shape index (κ2) is 5.55. The Morgan fingerprint density at radius 3 is 2.72 bits per heavy atom. The number of rotatable bonds is 3. The van der Waals surface area contributed by atoms with Crippen molar-refractivity contribution in [3.63, 3.8) is 0 Å². The number of imidazole rings is 1. The first-order chi connectivity index (χ1) is 8.65. The maximum atomic E-state index is 11.7. The monoisotopic (exact) mass is 264 g/mol. The molecule has 2 aromatic rings. The molecule has 2 amide bonds. The minimum Gasteiger partial charge on any atom is -0.347 e. The van der Waals surface area contributed by atoms with Gasteiger partial charge in [-0.3, -0.25) is 0 Å². The molecule has 0 aliphatic heterocycles. The summed E-state index contributed by atoms with van der Waals surface area (Å²) in [5, 5.41) is 6.11. The zero-order chi connectivity index (χ0) is 13.0. The second-order valence-corrected chi connectivity index (χ2v) is 4.24. The van der Waals surface area contributed by atoms with Gasteiger partial charge in [-0.15, -0.1) is 0 Å². The van der Waals surface area contributed by atoms with Crippen LogP contribution in [0.1, 0.15) is 18.8 Å². The Hall–Kier alpha value is -2.01. The molecule has 0 saturated carbocycles. The largest absolute Gasteiger partial charge is 0.347 e. The fourth-order valence-electron chi connectivity index (χ4n) is 1.48. The molecule has 0 saturated heterocycles. The number of halogens is 1. The lowest BCUT2D eigenvalue weighted by molar-refractivity contribution is 0.249. The number of urea groups is 1. The average Bonchev–Trinajstić information content (AvgIpc) is 2.85. The number of benzene rings is 1. The summed E-state index contributed by atoms with van der Waals surface area (Å²) >= 11 is 5.76. The van der Waals surface area contributed by atoms with Crippen LogP contribution in [0.2, 0.25) is 5.02 Å². The van der Waals surface area contributed by atoms with E-state index in [0.717, 1.165) is 0 Å². The second-order valence-electron chi connectivity index (χ2n) is 3.80. The van der Waals surface area contributed by atoms with Crippen molar-refractivity contribution in [1.29, 1.82) is 0 Å². The maximum Gasteiger partial charge on any atom is 0.319 e. The first-order valence-electron chi connectivity index (χ1n) is 5.47. The summed E-state index contributed by atoms with van der Waals surface area (Å²) in [7, 11) is 0. The van der Waals surface area contributed by atoms with E-state index >= 15 is 0 Å². The van der Waals surface area contributed by atoms with Crippen LogP contribution in [0.4, 0.5) is 10.5 Å². The normalized spacial score (nSPS) is 11.9. The highest BCUT2D eigenvalue weighted by Gasteiger charge is 2.10. The Kier molecular flexibility index (Phi) is 3.84. The van der Waals surface area contributed by atoms with Crippen molar-refractivity contribution in [1.82, 2.24) is 15.3 Å².